The minimum Gasteiger partial charge on any atom is -0.485 e. The van der Waals surface area contributed by atoms with Crippen molar-refractivity contribution in [1.82, 2.24) is 0 Å². The van der Waals surface area contributed by atoms with E-state index in [1.807, 2.05) is 0 Å². The van der Waals surface area contributed by atoms with Crippen LogP contribution in [-0.2, 0) is 6.61 Å². The van der Waals surface area contributed by atoms with Crippen LogP contribution in [0.25, 0.3) is 11.1 Å². The molecule has 3 N–H and O–H groups in total. The van der Waals surface area contributed by atoms with E-state index in [2.05, 4.69) is 4.84 Å². The fraction of sp³-hybridized carbons (Fsp3) is 0.0714. The Morgan fingerprint density at radius 2 is 1.90 bits per heavy atom. The topological polar surface area (TPSA) is 68.3 Å². The number of rotatable bonds is 2. The molecule has 3 rings (SSSR count). The Kier molecular flexibility index (Phi) is 2.87. The smallest absolute Gasteiger partial charge is 0.210 e. The van der Waals surface area contributed by atoms with Gasteiger partial charge in [0.05, 0.1) is 0 Å². The first kappa shape index (κ1) is 12.6. The lowest BCUT2D eigenvalue weighted by molar-refractivity contribution is 0.265. The maximum Gasteiger partial charge on any atom is 0.210 e. The molecule has 1 aliphatic heterocycles. The number of fused-ring (bicyclic) bond motifs is 3. The predicted octanol–water partition coefficient (Wildman–Crippen LogP) is 2.77. The van der Waals surface area contributed by atoms with Crippen LogP contribution in [0.1, 0.15) is 11.1 Å². The third-order valence-electron chi connectivity index (χ3n) is 3.27. The SMILES string of the molecule is N=Cc1ccc2c(c1F)COc1c-2ccc(ON)c1F. The van der Waals surface area contributed by atoms with Gasteiger partial charge in [-0.1, -0.05) is 6.07 Å². The molecule has 0 amide bonds. The summed E-state index contributed by atoms with van der Waals surface area (Å²) in [5, 5.41) is 7.14. The molecular weight excluding hydrogens is 266 g/mol. The van der Waals surface area contributed by atoms with E-state index in [1.165, 1.54) is 12.1 Å². The summed E-state index contributed by atoms with van der Waals surface area (Å²) < 4.78 is 33.4. The van der Waals surface area contributed by atoms with Gasteiger partial charge in [0.25, 0.3) is 0 Å². The fourth-order valence-corrected chi connectivity index (χ4v) is 2.27. The predicted molar refractivity (Wildman–Crippen MR) is 68.8 cm³/mol. The highest BCUT2D eigenvalue weighted by Crippen LogP contribution is 2.43. The van der Waals surface area contributed by atoms with Crippen molar-refractivity contribution in [2.75, 3.05) is 0 Å². The van der Waals surface area contributed by atoms with E-state index in [1.54, 1.807) is 12.1 Å². The number of nitrogens with two attached hydrogens (primary N) is 1. The number of hydrogen-bond acceptors (Lipinski definition) is 4. The van der Waals surface area contributed by atoms with Crippen LogP contribution in [0.4, 0.5) is 8.78 Å². The summed E-state index contributed by atoms with van der Waals surface area (Å²) in [4.78, 5) is 4.40. The Bertz CT molecular complexity index is 717. The van der Waals surface area contributed by atoms with E-state index in [0.717, 1.165) is 6.21 Å². The lowest BCUT2D eigenvalue weighted by Crippen LogP contribution is -2.12. The Morgan fingerprint density at radius 1 is 1.15 bits per heavy atom. The highest BCUT2D eigenvalue weighted by atomic mass is 19.1. The monoisotopic (exact) mass is 276 g/mol. The van der Waals surface area contributed by atoms with Crippen LogP contribution in [0.15, 0.2) is 24.3 Å². The van der Waals surface area contributed by atoms with Gasteiger partial charge >= 0.3 is 0 Å². The standard InChI is InChI=1S/C14H10F2N2O2/c15-12-7(5-17)1-2-8-9-3-4-11(20-18)13(16)14(9)19-6-10(8)12/h1-5,17H,6,18H2. The molecule has 0 fully saturated rings. The van der Waals surface area contributed by atoms with Crippen molar-refractivity contribution < 1.29 is 18.4 Å². The molecule has 0 aromatic heterocycles. The fourth-order valence-electron chi connectivity index (χ4n) is 2.27. The maximum absolute atomic E-state index is 14.1. The first-order chi connectivity index (χ1) is 9.67. The number of nitrogens with one attached hydrogen (secondary N) is 1. The summed E-state index contributed by atoms with van der Waals surface area (Å²) in [6.07, 6.45) is 0.928. The van der Waals surface area contributed by atoms with E-state index < -0.39 is 11.6 Å². The van der Waals surface area contributed by atoms with Crippen LogP contribution in [0.3, 0.4) is 0 Å². The molecule has 20 heavy (non-hydrogen) atoms. The highest BCUT2D eigenvalue weighted by molar-refractivity contribution is 5.83. The van der Waals surface area contributed by atoms with Crippen LogP contribution in [-0.4, -0.2) is 6.21 Å². The third kappa shape index (κ3) is 1.65. The molecule has 1 aliphatic rings. The Morgan fingerprint density at radius 3 is 2.60 bits per heavy atom. The molecule has 0 saturated heterocycles. The summed E-state index contributed by atoms with van der Waals surface area (Å²) in [7, 11) is 0. The first-order valence-corrected chi connectivity index (χ1v) is 5.81. The largest absolute Gasteiger partial charge is 0.485 e. The number of halogens is 2. The summed E-state index contributed by atoms with van der Waals surface area (Å²) in [5.41, 5.74) is 1.44. The van der Waals surface area contributed by atoms with Gasteiger partial charge in [0, 0.05) is 22.9 Å². The second kappa shape index (κ2) is 4.57. The van der Waals surface area contributed by atoms with Gasteiger partial charge in [-0.25, -0.2) is 4.39 Å². The second-order valence-electron chi connectivity index (χ2n) is 4.30. The molecule has 0 aliphatic carbocycles. The zero-order valence-electron chi connectivity index (χ0n) is 10.2. The quantitative estimate of drug-likeness (QED) is 0.654. The van der Waals surface area contributed by atoms with Gasteiger partial charge in [-0.05, 0) is 23.8 Å². The van der Waals surface area contributed by atoms with Gasteiger partial charge in [0.1, 0.15) is 12.4 Å². The van der Waals surface area contributed by atoms with Crippen LogP contribution in [0.2, 0.25) is 0 Å². The van der Waals surface area contributed by atoms with Gasteiger partial charge in [0.2, 0.25) is 5.82 Å². The Hall–Kier alpha value is -2.47. The van der Waals surface area contributed by atoms with Crippen LogP contribution >= 0.6 is 0 Å². The zero-order chi connectivity index (χ0) is 14.3. The molecule has 0 radical (unpaired) electrons. The van der Waals surface area contributed by atoms with Crippen molar-refractivity contribution in [3.8, 4) is 22.6 Å². The average Bonchev–Trinajstić information content (AvgIpc) is 2.48. The normalized spacial score (nSPS) is 12.2. The van der Waals surface area contributed by atoms with Crippen molar-refractivity contribution in [2.45, 2.75) is 6.61 Å². The molecule has 4 nitrogen and oxygen atoms in total. The summed E-state index contributed by atoms with van der Waals surface area (Å²) in [5.74, 6) is 3.57. The lowest BCUT2D eigenvalue weighted by Gasteiger charge is -2.22. The highest BCUT2D eigenvalue weighted by Gasteiger charge is 2.26. The molecule has 102 valence electrons. The van der Waals surface area contributed by atoms with Crippen LogP contribution in [0.5, 0.6) is 11.5 Å². The molecule has 0 saturated carbocycles. The van der Waals surface area contributed by atoms with Crippen molar-refractivity contribution in [3.63, 3.8) is 0 Å². The summed E-state index contributed by atoms with van der Waals surface area (Å²) in [6, 6.07) is 6.03. The molecule has 0 atom stereocenters. The molecule has 0 spiro atoms. The van der Waals surface area contributed by atoms with Crippen molar-refractivity contribution in [1.29, 1.82) is 5.41 Å². The number of benzene rings is 2. The van der Waals surface area contributed by atoms with Crippen molar-refractivity contribution in [3.05, 3.63) is 47.0 Å². The van der Waals surface area contributed by atoms with E-state index in [4.69, 9.17) is 16.0 Å². The molecule has 0 unspecified atom stereocenters. The van der Waals surface area contributed by atoms with Crippen molar-refractivity contribution >= 4 is 6.21 Å². The van der Waals surface area contributed by atoms with Gasteiger partial charge in [-0.3, -0.25) is 0 Å². The average molecular weight is 276 g/mol. The molecule has 2 aromatic carbocycles. The van der Waals surface area contributed by atoms with E-state index in [9.17, 15) is 8.78 Å². The molecular formula is C14H10F2N2O2. The van der Waals surface area contributed by atoms with Crippen molar-refractivity contribution in [2.24, 2.45) is 5.90 Å². The molecule has 2 aromatic rings. The lowest BCUT2D eigenvalue weighted by atomic mass is 9.94. The molecule has 6 heteroatoms. The van der Waals surface area contributed by atoms with Gasteiger partial charge in [0.15, 0.2) is 11.5 Å². The second-order valence-corrected chi connectivity index (χ2v) is 4.30. The van der Waals surface area contributed by atoms with Gasteiger partial charge < -0.3 is 15.0 Å². The molecule has 0 bridgehead atoms. The van der Waals surface area contributed by atoms with Crippen LogP contribution < -0.4 is 15.5 Å². The van der Waals surface area contributed by atoms with Crippen LogP contribution in [0, 0.1) is 17.0 Å². The first-order valence-electron chi connectivity index (χ1n) is 5.81. The summed E-state index contributed by atoms with van der Waals surface area (Å²) in [6.45, 7) is -0.110. The number of ether oxygens (including phenoxy) is 1. The van der Waals surface area contributed by atoms with Gasteiger partial charge in [-0.15, -0.1) is 0 Å². The zero-order valence-corrected chi connectivity index (χ0v) is 10.2. The third-order valence-corrected chi connectivity index (χ3v) is 3.27. The van der Waals surface area contributed by atoms with E-state index in [-0.39, 0.29) is 23.7 Å². The van der Waals surface area contributed by atoms with E-state index in [0.29, 0.717) is 16.7 Å². The Labute approximate surface area is 113 Å². The van der Waals surface area contributed by atoms with E-state index >= 15 is 0 Å². The minimum atomic E-state index is -0.716. The minimum absolute atomic E-state index is 0.0116. The van der Waals surface area contributed by atoms with Gasteiger partial charge in [-0.2, -0.15) is 10.3 Å². The maximum atomic E-state index is 14.1. The number of hydrogen-bond donors (Lipinski definition) is 2. The Balaban J connectivity index is 2.25. The summed E-state index contributed by atoms with van der Waals surface area (Å²) >= 11 is 0. The molecule has 1 heterocycles.